The fourth-order valence-corrected chi connectivity index (χ4v) is 16.0. The molecule has 0 fully saturated rings. The van der Waals surface area contributed by atoms with Gasteiger partial charge in [0.25, 0.3) is 0 Å². The molecule has 30 heavy (non-hydrogen) atoms. The van der Waals surface area contributed by atoms with Crippen molar-refractivity contribution in [3.05, 3.63) is 136 Å². The molecular weight excluding hydrogens is 655 g/mol. The van der Waals surface area contributed by atoms with Gasteiger partial charge in [-0.2, -0.15) is 0 Å². The van der Waals surface area contributed by atoms with E-state index in [0.29, 0.717) is 0 Å². The van der Waals surface area contributed by atoms with Crippen LogP contribution in [-0.2, 0) is 20.0 Å². The zero-order valence-corrected chi connectivity index (χ0v) is 22.6. The zero-order valence-electron chi connectivity index (χ0n) is 17.1. The molecule has 4 rings (SSSR count). The molecule has 0 heterocycles. The van der Waals surface area contributed by atoms with Crippen LogP contribution in [0.25, 0.3) is 0 Å². The second-order valence-electron chi connectivity index (χ2n) is 6.35. The van der Waals surface area contributed by atoms with Crippen molar-refractivity contribution in [1.29, 1.82) is 0 Å². The van der Waals surface area contributed by atoms with Crippen molar-refractivity contribution >= 4 is 48.1 Å². The molecule has 0 amide bonds. The van der Waals surface area contributed by atoms with Crippen LogP contribution in [-0.4, -0.2) is 11.5 Å². The first-order chi connectivity index (χ1) is 13.7. The Morgan fingerprint density at radius 1 is 0.400 bits per heavy atom. The van der Waals surface area contributed by atoms with Crippen LogP contribution >= 0.6 is 19.1 Å². The molecule has 0 bridgehead atoms. The number of hydrogen-bond acceptors (Lipinski definition) is 0. The monoisotopic (exact) mass is 680 g/mol. The van der Waals surface area contributed by atoms with Gasteiger partial charge in [-0.1, -0.05) is 0 Å². The number of benzene rings is 4. The van der Waals surface area contributed by atoms with Gasteiger partial charge in [-0.3, -0.25) is 0 Å². The molecule has 0 nitrogen and oxygen atoms in total. The van der Waals surface area contributed by atoms with E-state index >= 15 is 0 Å². The van der Waals surface area contributed by atoms with Gasteiger partial charge in [-0.05, 0) is 0 Å². The van der Waals surface area contributed by atoms with E-state index in [1.165, 1.54) is 17.4 Å². The number of rotatable bonds is 4. The average molecular weight is 681 g/mol. The Hall–Kier alpha value is -1.24. The van der Waals surface area contributed by atoms with Crippen LogP contribution in [0, 0.1) is 14.9 Å². The summed E-state index contributed by atoms with van der Waals surface area (Å²) in [5.41, 5.74) is 0. The molecule has 0 aliphatic rings. The van der Waals surface area contributed by atoms with Gasteiger partial charge >= 0.3 is 189 Å². The first-order valence-corrected chi connectivity index (χ1v) is 17.7. The molecule has 0 radical (unpaired) electrons. The zero-order chi connectivity index (χ0) is 19.9. The number of hydrogen-bond donors (Lipinski definition) is 0. The third-order valence-corrected chi connectivity index (χ3v) is 19.7. The quantitative estimate of drug-likeness (QED) is 0.202. The molecule has 162 valence electrons. The first kappa shape index (κ1) is 26.8. The predicted octanol–water partition coefficient (Wildman–Crippen LogP) is 5.34. The third kappa shape index (κ3) is 4.51. The van der Waals surface area contributed by atoms with Crippen LogP contribution < -0.4 is 17.4 Å². The summed E-state index contributed by atoms with van der Waals surface area (Å²) in [5, 5.41) is 0. The Morgan fingerprint density at radius 2 is 0.567 bits per heavy atom. The molecule has 0 aliphatic heterocycles. The van der Waals surface area contributed by atoms with Crippen LogP contribution in [0.1, 0.15) is 0 Å². The normalized spacial score (nSPS) is 11.4. The van der Waals surface area contributed by atoms with Gasteiger partial charge < -0.3 is 14.9 Å². The minimum atomic E-state index is -4.08. The summed E-state index contributed by atoms with van der Waals surface area (Å²) >= 11 is -2.33. The molecule has 0 atom stereocenters. The van der Waals surface area contributed by atoms with Gasteiger partial charge in [-0.15, -0.1) is 0 Å². The van der Waals surface area contributed by atoms with Gasteiger partial charge in [-0.25, -0.2) is 0 Å². The van der Waals surface area contributed by atoms with Crippen molar-refractivity contribution in [3.8, 4) is 0 Å². The van der Waals surface area contributed by atoms with E-state index < -0.39 is 11.5 Å². The van der Waals surface area contributed by atoms with E-state index in [-0.39, 0.29) is 14.9 Å². The molecule has 0 aliphatic carbocycles. The van der Waals surface area contributed by atoms with Crippen molar-refractivity contribution in [3.63, 3.8) is 0 Å². The van der Waals surface area contributed by atoms with E-state index in [1.54, 1.807) is 20.0 Å². The Morgan fingerprint density at radius 3 is 0.733 bits per heavy atom. The topological polar surface area (TPSA) is 0 Å². The Kier molecular flexibility index (Phi) is 10.7. The summed E-state index contributed by atoms with van der Waals surface area (Å²) in [6.07, 6.45) is 0. The van der Waals surface area contributed by atoms with Crippen LogP contribution in [0.4, 0.5) is 0 Å². The predicted molar refractivity (Wildman–Crippen MR) is 135 cm³/mol. The van der Waals surface area contributed by atoms with Crippen molar-refractivity contribution in [2.75, 3.05) is 0 Å². The minimum absolute atomic E-state index is 0. The van der Waals surface area contributed by atoms with E-state index in [4.69, 9.17) is 9.95 Å². The van der Waals surface area contributed by atoms with E-state index in [9.17, 15) is 0 Å². The molecule has 4 aromatic carbocycles. The second kappa shape index (κ2) is 12.0. The standard InChI is InChI=1S/C24H20AsCl.2CH3.Au.ClH/c26-25(21-13-5-1-6-14-21,22-15-7-2-8-16-22,23-17-9-3-10-18-23)24-19-11-4-12-20-24;;;;/h1-20H;2*1H3;;1H/q;2*-1;+1;/p-1. The van der Waals surface area contributed by atoms with Crippen molar-refractivity contribution < 1.29 is 20.0 Å². The summed E-state index contributed by atoms with van der Waals surface area (Å²) in [7, 11) is 12.7. The van der Waals surface area contributed by atoms with Gasteiger partial charge in [0.1, 0.15) is 0 Å². The van der Waals surface area contributed by atoms with Crippen LogP contribution in [0.15, 0.2) is 121 Å². The summed E-state index contributed by atoms with van der Waals surface area (Å²) in [6.45, 7) is 0. The Balaban J connectivity index is 0.00000109. The summed E-state index contributed by atoms with van der Waals surface area (Å²) in [6, 6.07) is 42.4. The molecule has 4 heteroatoms. The molecule has 0 saturated heterocycles. The summed E-state index contributed by atoms with van der Waals surface area (Å²) < 4.78 is 4.82. The molecular formula is C26H26AsAuCl2-2. The summed E-state index contributed by atoms with van der Waals surface area (Å²) in [4.78, 5) is 0. The molecule has 0 N–H and O–H groups in total. The second-order valence-corrected chi connectivity index (χ2v) is 18.4. The fraction of sp³-hybridized carbons (Fsp3) is 0. The molecule has 0 unspecified atom stereocenters. The third-order valence-electron chi connectivity index (χ3n) is 4.96. The van der Waals surface area contributed by atoms with Crippen molar-refractivity contribution in [1.82, 2.24) is 0 Å². The molecule has 0 saturated carbocycles. The Labute approximate surface area is 202 Å². The van der Waals surface area contributed by atoms with Crippen LogP contribution in [0.3, 0.4) is 0 Å². The fourth-order valence-electron chi connectivity index (χ4n) is 3.73. The van der Waals surface area contributed by atoms with Crippen molar-refractivity contribution in [2.24, 2.45) is 0 Å². The average Bonchev–Trinajstić information content (AvgIpc) is 2.82. The molecule has 0 aromatic heterocycles. The molecule has 4 aromatic rings. The van der Waals surface area contributed by atoms with E-state index in [0.717, 1.165) is 0 Å². The van der Waals surface area contributed by atoms with E-state index in [2.05, 4.69) is 131 Å². The van der Waals surface area contributed by atoms with Crippen LogP contribution in [0.2, 0.25) is 0 Å². The Bertz CT molecular complexity index is 825. The van der Waals surface area contributed by atoms with Crippen LogP contribution in [0.5, 0.6) is 0 Å². The maximum absolute atomic E-state index is 8.08. The number of halogens is 2. The van der Waals surface area contributed by atoms with Gasteiger partial charge in [0, 0.05) is 0 Å². The maximum atomic E-state index is 8.08. The summed E-state index contributed by atoms with van der Waals surface area (Å²) in [5.74, 6) is 0. The van der Waals surface area contributed by atoms with Crippen molar-refractivity contribution in [2.45, 2.75) is 0 Å². The SMILES string of the molecule is Cl[As](c1ccccc1)(c1ccccc1)(c1ccccc1)c1ccccc1.[CH3-].[CH3-].[Cl][Au]. The van der Waals surface area contributed by atoms with E-state index in [1.807, 2.05) is 0 Å². The molecule has 0 spiro atoms. The van der Waals surface area contributed by atoms with Gasteiger partial charge in [0.2, 0.25) is 0 Å². The van der Waals surface area contributed by atoms with Gasteiger partial charge in [0.05, 0.1) is 0 Å². The first-order valence-electron chi connectivity index (χ1n) is 8.82. The van der Waals surface area contributed by atoms with Gasteiger partial charge in [0.15, 0.2) is 0 Å².